The Labute approximate surface area is 123 Å². The molecule has 0 aromatic heterocycles. The van der Waals surface area contributed by atoms with Crippen LogP contribution in [0, 0.1) is 5.82 Å². The molecule has 0 aliphatic rings. The number of ether oxygens (including phenoxy) is 1. The van der Waals surface area contributed by atoms with Gasteiger partial charge in [-0.05, 0) is 29.8 Å². The Morgan fingerprint density at radius 2 is 1.90 bits per heavy atom. The number of para-hydroxylation sites is 1. The van der Waals surface area contributed by atoms with E-state index in [9.17, 15) is 12.8 Å². The van der Waals surface area contributed by atoms with E-state index in [1.54, 1.807) is 24.3 Å². The van der Waals surface area contributed by atoms with Gasteiger partial charge in [0.2, 0.25) is 0 Å². The number of halogens is 1. The molecule has 1 N–H and O–H groups in total. The molecule has 2 aromatic carbocycles. The van der Waals surface area contributed by atoms with Crippen LogP contribution in [0.15, 0.2) is 47.4 Å². The molecule has 0 heterocycles. The minimum absolute atomic E-state index is 0.176. The molecule has 0 bridgehead atoms. The van der Waals surface area contributed by atoms with Gasteiger partial charge in [-0.25, -0.2) is 12.8 Å². The Morgan fingerprint density at radius 1 is 1.19 bits per heavy atom. The first kappa shape index (κ1) is 15.3. The third-order valence-electron chi connectivity index (χ3n) is 2.99. The van der Waals surface area contributed by atoms with Gasteiger partial charge < -0.3 is 10.1 Å². The molecule has 112 valence electrons. The van der Waals surface area contributed by atoms with Crippen molar-refractivity contribution in [2.24, 2.45) is 0 Å². The van der Waals surface area contributed by atoms with Gasteiger partial charge >= 0.3 is 0 Å². The molecule has 0 amide bonds. The number of hydrogen-bond acceptors (Lipinski definition) is 4. The standard InChI is InChI=1S/C15H16FNO3S/c1-20-14-8-7-11(9-12(14)16)10-17-13-5-3-4-6-15(13)21(2,18)19/h3-9,17H,10H2,1-2H3. The quantitative estimate of drug-likeness (QED) is 0.923. The molecule has 2 rings (SSSR count). The zero-order valence-corrected chi connectivity index (χ0v) is 12.6. The van der Waals surface area contributed by atoms with E-state index >= 15 is 0 Å². The number of methoxy groups -OCH3 is 1. The Morgan fingerprint density at radius 3 is 2.52 bits per heavy atom. The highest BCUT2D eigenvalue weighted by Crippen LogP contribution is 2.22. The molecule has 0 unspecified atom stereocenters. The number of nitrogens with one attached hydrogen (secondary N) is 1. The first-order valence-corrected chi connectivity index (χ1v) is 8.16. The van der Waals surface area contributed by atoms with Crippen molar-refractivity contribution < 1.29 is 17.5 Å². The van der Waals surface area contributed by atoms with Crippen LogP contribution >= 0.6 is 0 Å². The lowest BCUT2D eigenvalue weighted by Crippen LogP contribution is -2.06. The van der Waals surface area contributed by atoms with Crippen LogP contribution in [0.4, 0.5) is 10.1 Å². The predicted molar refractivity (Wildman–Crippen MR) is 79.8 cm³/mol. The molecule has 21 heavy (non-hydrogen) atoms. The highest BCUT2D eigenvalue weighted by molar-refractivity contribution is 7.90. The molecule has 0 aliphatic heterocycles. The molecule has 0 aliphatic carbocycles. The van der Waals surface area contributed by atoms with Crippen LogP contribution < -0.4 is 10.1 Å². The van der Waals surface area contributed by atoms with E-state index in [1.165, 1.54) is 25.3 Å². The highest BCUT2D eigenvalue weighted by atomic mass is 32.2. The van der Waals surface area contributed by atoms with Crippen LogP contribution in [0.1, 0.15) is 5.56 Å². The fourth-order valence-electron chi connectivity index (χ4n) is 1.95. The summed E-state index contributed by atoms with van der Waals surface area (Å²) in [6, 6.07) is 11.2. The largest absolute Gasteiger partial charge is 0.494 e. The molecule has 0 spiro atoms. The fourth-order valence-corrected chi connectivity index (χ4v) is 2.82. The Kier molecular flexibility index (Phi) is 4.47. The topological polar surface area (TPSA) is 55.4 Å². The molecular formula is C15H16FNO3S. The monoisotopic (exact) mass is 309 g/mol. The van der Waals surface area contributed by atoms with E-state index in [2.05, 4.69) is 5.32 Å². The van der Waals surface area contributed by atoms with E-state index < -0.39 is 15.7 Å². The van der Waals surface area contributed by atoms with Gasteiger partial charge in [-0.1, -0.05) is 18.2 Å². The number of sulfone groups is 1. The van der Waals surface area contributed by atoms with Crippen molar-refractivity contribution in [3.63, 3.8) is 0 Å². The van der Waals surface area contributed by atoms with Crippen LogP contribution in [-0.4, -0.2) is 21.8 Å². The normalized spacial score (nSPS) is 11.2. The average Bonchev–Trinajstić information content (AvgIpc) is 2.44. The summed E-state index contributed by atoms with van der Waals surface area (Å²) in [5.41, 5.74) is 1.19. The summed E-state index contributed by atoms with van der Waals surface area (Å²) in [5, 5.41) is 3.01. The van der Waals surface area contributed by atoms with Gasteiger partial charge in [0, 0.05) is 12.8 Å². The summed E-state index contributed by atoms with van der Waals surface area (Å²) >= 11 is 0. The fraction of sp³-hybridized carbons (Fsp3) is 0.200. The van der Waals surface area contributed by atoms with E-state index in [0.717, 1.165) is 6.26 Å². The van der Waals surface area contributed by atoms with Crippen molar-refractivity contribution in [2.45, 2.75) is 11.4 Å². The second-order valence-corrected chi connectivity index (χ2v) is 6.57. The summed E-state index contributed by atoms with van der Waals surface area (Å²) in [6.45, 7) is 0.313. The Balaban J connectivity index is 2.19. The molecule has 0 fully saturated rings. The second kappa shape index (κ2) is 6.13. The van der Waals surface area contributed by atoms with Crippen LogP contribution in [-0.2, 0) is 16.4 Å². The van der Waals surface area contributed by atoms with E-state index in [1.807, 2.05) is 0 Å². The van der Waals surface area contributed by atoms with Gasteiger partial charge in [0.15, 0.2) is 21.4 Å². The van der Waals surface area contributed by atoms with Crippen molar-refractivity contribution in [3.8, 4) is 5.75 Å². The molecule has 0 atom stereocenters. The van der Waals surface area contributed by atoms with Crippen LogP contribution in [0.25, 0.3) is 0 Å². The minimum Gasteiger partial charge on any atom is -0.494 e. The summed E-state index contributed by atoms with van der Waals surface area (Å²) in [7, 11) is -1.91. The van der Waals surface area contributed by atoms with E-state index in [0.29, 0.717) is 17.8 Å². The smallest absolute Gasteiger partial charge is 0.177 e. The lowest BCUT2D eigenvalue weighted by Gasteiger charge is -2.11. The van der Waals surface area contributed by atoms with E-state index in [4.69, 9.17) is 4.74 Å². The van der Waals surface area contributed by atoms with Crippen LogP contribution in [0.3, 0.4) is 0 Å². The van der Waals surface area contributed by atoms with Gasteiger partial charge in [0.05, 0.1) is 17.7 Å². The van der Waals surface area contributed by atoms with Crippen molar-refractivity contribution in [1.29, 1.82) is 0 Å². The molecular weight excluding hydrogens is 293 g/mol. The maximum Gasteiger partial charge on any atom is 0.177 e. The predicted octanol–water partition coefficient (Wildman–Crippen LogP) is 2.85. The van der Waals surface area contributed by atoms with Crippen molar-refractivity contribution >= 4 is 15.5 Å². The number of benzene rings is 2. The maximum atomic E-state index is 13.6. The third-order valence-corrected chi connectivity index (χ3v) is 4.14. The third kappa shape index (κ3) is 3.72. The van der Waals surface area contributed by atoms with Crippen LogP contribution in [0.5, 0.6) is 5.75 Å². The number of anilines is 1. The Hall–Kier alpha value is -2.08. The first-order chi connectivity index (χ1) is 9.91. The molecule has 0 saturated carbocycles. The maximum absolute atomic E-state index is 13.6. The van der Waals surface area contributed by atoms with Gasteiger partial charge in [0.25, 0.3) is 0 Å². The summed E-state index contributed by atoms with van der Waals surface area (Å²) < 4.78 is 41.8. The molecule has 0 radical (unpaired) electrons. The van der Waals surface area contributed by atoms with Crippen LogP contribution in [0.2, 0.25) is 0 Å². The van der Waals surface area contributed by atoms with Crippen molar-refractivity contribution in [3.05, 3.63) is 53.8 Å². The molecule has 4 nitrogen and oxygen atoms in total. The van der Waals surface area contributed by atoms with Gasteiger partial charge in [0.1, 0.15) is 0 Å². The lowest BCUT2D eigenvalue weighted by atomic mass is 10.2. The van der Waals surface area contributed by atoms with Gasteiger partial charge in [-0.15, -0.1) is 0 Å². The number of hydrogen-bond donors (Lipinski definition) is 1. The molecule has 6 heteroatoms. The summed E-state index contributed by atoms with van der Waals surface area (Å²) in [4.78, 5) is 0.221. The van der Waals surface area contributed by atoms with Gasteiger partial charge in [-0.2, -0.15) is 0 Å². The second-order valence-electron chi connectivity index (χ2n) is 4.59. The zero-order chi connectivity index (χ0) is 15.5. The van der Waals surface area contributed by atoms with Crippen molar-refractivity contribution in [1.82, 2.24) is 0 Å². The zero-order valence-electron chi connectivity index (χ0n) is 11.8. The SMILES string of the molecule is COc1ccc(CNc2ccccc2S(C)(=O)=O)cc1F. The highest BCUT2D eigenvalue weighted by Gasteiger charge is 2.12. The minimum atomic E-state index is -3.31. The Bertz CT molecular complexity index is 744. The molecule has 2 aromatic rings. The summed E-state index contributed by atoms with van der Waals surface area (Å²) in [5.74, 6) is -0.275. The first-order valence-electron chi connectivity index (χ1n) is 6.27. The molecule has 0 saturated heterocycles. The number of rotatable bonds is 5. The van der Waals surface area contributed by atoms with Crippen molar-refractivity contribution in [2.75, 3.05) is 18.7 Å². The van der Waals surface area contributed by atoms with Gasteiger partial charge in [-0.3, -0.25) is 0 Å². The lowest BCUT2D eigenvalue weighted by molar-refractivity contribution is 0.386. The average molecular weight is 309 g/mol. The summed E-state index contributed by atoms with van der Waals surface area (Å²) in [6.07, 6.45) is 1.15. The van der Waals surface area contributed by atoms with E-state index in [-0.39, 0.29) is 10.6 Å².